The number of carbonyl (C=O) groups excluding carboxylic acids is 2. The van der Waals surface area contributed by atoms with Crippen molar-refractivity contribution < 1.29 is 9.59 Å². The van der Waals surface area contributed by atoms with Gasteiger partial charge in [-0.3, -0.25) is 9.80 Å². The first-order valence-electron chi connectivity index (χ1n) is 5.02. The van der Waals surface area contributed by atoms with Crippen LogP contribution in [0.1, 0.15) is 5.56 Å². The predicted octanol–water partition coefficient (Wildman–Crippen LogP) is 1.02. The Hall–Kier alpha value is -2.24. The van der Waals surface area contributed by atoms with Crippen molar-refractivity contribution in [2.24, 2.45) is 11.5 Å². The summed E-state index contributed by atoms with van der Waals surface area (Å²) in [6.45, 7) is 1.80. The molecule has 6 heteroatoms. The maximum Gasteiger partial charge on any atom is 0.319 e. The van der Waals surface area contributed by atoms with Crippen molar-refractivity contribution in [3.63, 3.8) is 0 Å². The molecule has 0 saturated heterocycles. The fourth-order valence-corrected chi connectivity index (χ4v) is 1.58. The van der Waals surface area contributed by atoms with Gasteiger partial charge in [0.15, 0.2) is 0 Å². The molecule has 0 atom stereocenters. The van der Waals surface area contributed by atoms with Gasteiger partial charge in [0.2, 0.25) is 0 Å². The van der Waals surface area contributed by atoms with Crippen molar-refractivity contribution in [1.29, 1.82) is 0 Å². The monoisotopic (exact) mass is 236 g/mol. The van der Waals surface area contributed by atoms with Crippen molar-refractivity contribution in [2.75, 3.05) is 23.9 Å². The molecule has 1 rings (SSSR count). The molecule has 0 aromatic heterocycles. The highest BCUT2D eigenvalue weighted by atomic mass is 16.2. The average molecular weight is 236 g/mol. The zero-order valence-corrected chi connectivity index (χ0v) is 10.1. The molecule has 1 aromatic carbocycles. The van der Waals surface area contributed by atoms with Crippen molar-refractivity contribution in [1.82, 2.24) is 0 Å². The molecule has 1 aromatic rings. The van der Waals surface area contributed by atoms with E-state index >= 15 is 0 Å². The van der Waals surface area contributed by atoms with Gasteiger partial charge < -0.3 is 11.5 Å². The maximum absolute atomic E-state index is 11.1. The largest absolute Gasteiger partial charge is 0.351 e. The molecule has 4 N–H and O–H groups in total. The molecule has 0 saturated carbocycles. The molecule has 6 nitrogen and oxygen atoms in total. The summed E-state index contributed by atoms with van der Waals surface area (Å²) in [7, 11) is 3.14. The topological polar surface area (TPSA) is 92.7 Å². The van der Waals surface area contributed by atoms with Crippen LogP contribution in [-0.4, -0.2) is 26.2 Å². The van der Waals surface area contributed by atoms with E-state index in [1.807, 2.05) is 0 Å². The molecule has 0 aliphatic heterocycles. The lowest BCUT2D eigenvalue weighted by molar-refractivity contribution is 0.254. The zero-order valence-electron chi connectivity index (χ0n) is 10.1. The molecular formula is C11H16N4O2. The van der Waals surface area contributed by atoms with E-state index in [1.165, 1.54) is 9.80 Å². The number of hydrogen-bond acceptors (Lipinski definition) is 2. The van der Waals surface area contributed by atoms with Crippen molar-refractivity contribution in [3.05, 3.63) is 23.8 Å². The quantitative estimate of drug-likeness (QED) is 0.802. The maximum atomic E-state index is 11.1. The molecule has 0 unspecified atom stereocenters. The first-order chi connectivity index (χ1) is 7.86. The molecule has 92 valence electrons. The standard InChI is InChI=1S/C11H16N4O2/c1-7-8(14(2)10(12)16)5-4-6-9(7)15(3)11(13)17/h4-6H,1-3H3,(H2,12,16)(H2,13,17). The summed E-state index contributed by atoms with van der Waals surface area (Å²) in [4.78, 5) is 24.8. The van der Waals surface area contributed by atoms with Crippen LogP contribution in [0.15, 0.2) is 18.2 Å². The fourth-order valence-electron chi connectivity index (χ4n) is 1.58. The van der Waals surface area contributed by atoms with E-state index in [9.17, 15) is 9.59 Å². The summed E-state index contributed by atoms with van der Waals surface area (Å²) in [5.74, 6) is 0. The van der Waals surface area contributed by atoms with Crippen LogP contribution in [0.5, 0.6) is 0 Å². The van der Waals surface area contributed by atoms with Crippen LogP contribution in [0.3, 0.4) is 0 Å². The third-order valence-corrected chi connectivity index (χ3v) is 2.66. The first-order valence-corrected chi connectivity index (χ1v) is 5.02. The second kappa shape index (κ2) is 4.73. The van der Waals surface area contributed by atoms with Crippen LogP contribution in [0.25, 0.3) is 0 Å². The number of primary amides is 2. The van der Waals surface area contributed by atoms with Gasteiger partial charge in [0.25, 0.3) is 0 Å². The Labute approximate surface area is 99.8 Å². The number of benzene rings is 1. The van der Waals surface area contributed by atoms with E-state index in [-0.39, 0.29) is 0 Å². The Bertz CT molecular complexity index is 421. The minimum absolute atomic E-state index is 0.563. The predicted molar refractivity (Wildman–Crippen MR) is 67.2 cm³/mol. The lowest BCUT2D eigenvalue weighted by Crippen LogP contribution is -2.34. The third-order valence-electron chi connectivity index (χ3n) is 2.66. The Morgan fingerprint density at radius 1 is 1.00 bits per heavy atom. The number of nitrogens with zero attached hydrogens (tertiary/aromatic N) is 2. The van der Waals surface area contributed by atoms with Gasteiger partial charge in [-0.25, -0.2) is 9.59 Å². The molecular weight excluding hydrogens is 220 g/mol. The molecule has 0 heterocycles. The van der Waals surface area contributed by atoms with E-state index < -0.39 is 12.1 Å². The molecule has 17 heavy (non-hydrogen) atoms. The Balaban J connectivity index is 3.25. The third kappa shape index (κ3) is 2.47. The number of hydrogen-bond donors (Lipinski definition) is 2. The summed E-state index contributed by atoms with van der Waals surface area (Å²) in [6.07, 6.45) is 0. The van der Waals surface area contributed by atoms with Crippen molar-refractivity contribution >= 4 is 23.4 Å². The number of amides is 4. The first kappa shape index (κ1) is 12.8. The van der Waals surface area contributed by atoms with E-state index in [1.54, 1.807) is 39.2 Å². The smallest absolute Gasteiger partial charge is 0.319 e. The van der Waals surface area contributed by atoms with E-state index in [4.69, 9.17) is 11.5 Å². The average Bonchev–Trinajstić information content (AvgIpc) is 2.27. The van der Waals surface area contributed by atoms with Gasteiger partial charge in [-0.1, -0.05) is 6.07 Å². The van der Waals surface area contributed by atoms with Crippen molar-refractivity contribution in [3.8, 4) is 0 Å². The van der Waals surface area contributed by atoms with E-state index in [0.717, 1.165) is 5.56 Å². The molecule has 0 aliphatic carbocycles. The fraction of sp³-hybridized carbons (Fsp3) is 0.273. The highest BCUT2D eigenvalue weighted by Crippen LogP contribution is 2.28. The molecule has 0 spiro atoms. The number of anilines is 2. The highest BCUT2D eigenvalue weighted by Gasteiger charge is 2.15. The van der Waals surface area contributed by atoms with Gasteiger partial charge in [0, 0.05) is 14.1 Å². The number of carbonyl (C=O) groups is 2. The summed E-state index contributed by atoms with van der Waals surface area (Å²) >= 11 is 0. The highest BCUT2D eigenvalue weighted by molar-refractivity contribution is 5.95. The molecule has 0 aliphatic rings. The van der Waals surface area contributed by atoms with Gasteiger partial charge in [-0.2, -0.15) is 0 Å². The van der Waals surface area contributed by atoms with Crippen LogP contribution in [0.2, 0.25) is 0 Å². The Morgan fingerprint density at radius 2 is 1.35 bits per heavy atom. The van der Waals surface area contributed by atoms with Crippen LogP contribution < -0.4 is 21.3 Å². The Kier molecular flexibility index (Phi) is 3.57. The van der Waals surface area contributed by atoms with Gasteiger partial charge in [0.1, 0.15) is 0 Å². The van der Waals surface area contributed by atoms with Crippen LogP contribution in [-0.2, 0) is 0 Å². The van der Waals surface area contributed by atoms with E-state index in [0.29, 0.717) is 11.4 Å². The van der Waals surface area contributed by atoms with Crippen molar-refractivity contribution in [2.45, 2.75) is 6.92 Å². The Morgan fingerprint density at radius 3 is 1.65 bits per heavy atom. The van der Waals surface area contributed by atoms with Crippen LogP contribution in [0, 0.1) is 6.92 Å². The second-order valence-electron chi connectivity index (χ2n) is 3.72. The minimum atomic E-state index is -0.563. The summed E-state index contributed by atoms with van der Waals surface area (Å²) < 4.78 is 0. The van der Waals surface area contributed by atoms with Gasteiger partial charge in [-0.05, 0) is 24.6 Å². The van der Waals surface area contributed by atoms with E-state index in [2.05, 4.69) is 0 Å². The van der Waals surface area contributed by atoms with Crippen LogP contribution >= 0.6 is 0 Å². The number of nitrogens with two attached hydrogens (primary N) is 2. The lowest BCUT2D eigenvalue weighted by atomic mass is 10.1. The minimum Gasteiger partial charge on any atom is -0.351 e. The van der Waals surface area contributed by atoms with Gasteiger partial charge in [-0.15, -0.1) is 0 Å². The lowest BCUT2D eigenvalue weighted by Gasteiger charge is -2.22. The summed E-state index contributed by atoms with van der Waals surface area (Å²) in [6, 6.07) is 4.10. The number of rotatable bonds is 2. The summed E-state index contributed by atoms with van der Waals surface area (Å²) in [5.41, 5.74) is 12.5. The molecule has 4 amide bonds. The molecule has 0 radical (unpaired) electrons. The summed E-state index contributed by atoms with van der Waals surface area (Å²) in [5, 5.41) is 0. The second-order valence-corrected chi connectivity index (χ2v) is 3.72. The number of urea groups is 2. The molecule has 0 bridgehead atoms. The zero-order chi connectivity index (χ0) is 13.2. The normalized spacial score (nSPS) is 9.82. The molecule has 0 fully saturated rings. The van der Waals surface area contributed by atoms with Gasteiger partial charge >= 0.3 is 12.1 Å². The SMILES string of the molecule is Cc1c(N(C)C(N)=O)cccc1N(C)C(N)=O. The van der Waals surface area contributed by atoms with Gasteiger partial charge in [0.05, 0.1) is 11.4 Å². The van der Waals surface area contributed by atoms with Crippen LogP contribution in [0.4, 0.5) is 21.0 Å².